The molecule has 0 aliphatic carbocycles. The van der Waals surface area contributed by atoms with Crippen LogP contribution >= 0.6 is 0 Å². The van der Waals surface area contributed by atoms with E-state index in [0.29, 0.717) is 23.7 Å². The van der Waals surface area contributed by atoms with Crippen molar-refractivity contribution >= 4 is 12.6 Å². The van der Waals surface area contributed by atoms with E-state index in [0.717, 1.165) is 5.06 Å². The smallest absolute Gasteiger partial charge is 0.150 e. The fraction of sp³-hybridized carbons (Fsp3) is 0.200. The highest BCUT2D eigenvalue weighted by Gasteiger charge is 1.95. The van der Waals surface area contributed by atoms with Gasteiger partial charge in [0.2, 0.25) is 0 Å². The monoisotopic (exact) mass is 195 g/mol. The Hall–Kier alpha value is -1.52. The van der Waals surface area contributed by atoms with Crippen molar-refractivity contribution in [1.29, 1.82) is 0 Å². The summed E-state index contributed by atoms with van der Waals surface area (Å²) >= 11 is 0. The zero-order chi connectivity index (χ0) is 11.0. The highest BCUT2D eigenvalue weighted by molar-refractivity contribution is 5.89. The standard InChI is InChI=1S/C8H6O2.C2H7NO/c9-5-7-3-1-2-4-8(7)6-10;1-3(2)4/h1-6H;4H,1-2H3. The minimum absolute atomic E-state index is 0.442. The topological polar surface area (TPSA) is 57.6 Å². The van der Waals surface area contributed by atoms with Gasteiger partial charge in [-0.2, -0.15) is 5.06 Å². The van der Waals surface area contributed by atoms with Crippen LogP contribution < -0.4 is 0 Å². The first kappa shape index (κ1) is 12.5. The van der Waals surface area contributed by atoms with Gasteiger partial charge in [-0.1, -0.05) is 24.3 Å². The lowest BCUT2D eigenvalue weighted by atomic mass is 10.1. The summed E-state index contributed by atoms with van der Waals surface area (Å²) in [6.45, 7) is 0. The third-order valence-corrected chi connectivity index (χ3v) is 1.25. The molecular formula is C10H13NO3. The van der Waals surface area contributed by atoms with Gasteiger partial charge in [0, 0.05) is 25.2 Å². The lowest BCUT2D eigenvalue weighted by Crippen LogP contribution is -2.01. The van der Waals surface area contributed by atoms with Crippen molar-refractivity contribution < 1.29 is 14.8 Å². The summed E-state index contributed by atoms with van der Waals surface area (Å²) in [7, 11) is 3.11. The molecule has 0 radical (unpaired) electrons. The van der Waals surface area contributed by atoms with Gasteiger partial charge in [-0.25, -0.2) is 0 Å². The van der Waals surface area contributed by atoms with E-state index < -0.39 is 0 Å². The molecular weight excluding hydrogens is 182 g/mol. The number of aldehydes is 2. The normalized spacial score (nSPS) is 8.86. The lowest BCUT2D eigenvalue weighted by Gasteiger charge is -1.91. The van der Waals surface area contributed by atoms with Crippen molar-refractivity contribution in [3.63, 3.8) is 0 Å². The first-order chi connectivity index (χ1) is 6.61. The second-order valence-electron chi connectivity index (χ2n) is 2.71. The van der Waals surface area contributed by atoms with Gasteiger partial charge in [-0.15, -0.1) is 0 Å². The Labute approximate surface area is 82.7 Å². The average Bonchev–Trinajstić information content (AvgIpc) is 2.17. The second kappa shape index (κ2) is 6.94. The Kier molecular flexibility index (Phi) is 6.19. The predicted molar refractivity (Wildman–Crippen MR) is 52.7 cm³/mol. The number of carbonyl (C=O) groups is 2. The van der Waals surface area contributed by atoms with Crippen molar-refractivity contribution in [3.05, 3.63) is 35.4 Å². The van der Waals surface area contributed by atoms with E-state index in [-0.39, 0.29) is 0 Å². The van der Waals surface area contributed by atoms with Gasteiger partial charge >= 0.3 is 0 Å². The maximum atomic E-state index is 10.2. The van der Waals surface area contributed by atoms with Crippen molar-refractivity contribution in [1.82, 2.24) is 5.06 Å². The van der Waals surface area contributed by atoms with E-state index in [4.69, 9.17) is 5.21 Å². The number of hydrogen-bond acceptors (Lipinski definition) is 4. The molecule has 1 aromatic rings. The summed E-state index contributed by atoms with van der Waals surface area (Å²) in [5, 5.41) is 8.89. The molecule has 0 atom stereocenters. The highest BCUT2D eigenvalue weighted by Crippen LogP contribution is 2.01. The third-order valence-electron chi connectivity index (χ3n) is 1.25. The first-order valence-corrected chi connectivity index (χ1v) is 3.97. The van der Waals surface area contributed by atoms with E-state index in [1.54, 1.807) is 38.4 Å². The fourth-order valence-electron chi connectivity index (χ4n) is 0.726. The number of carbonyl (C=O) groups excluding carboxylic acids is 2. The Balaban J connectivity index is 0.000000364. The Morgan fingerprint density at radius 2 is 1.36 bits per heavy atom. The van der Waals surface area contributed by atoms with Crippen LogP contribution in [0.1, 0.15) is 20.7 Å². The molecule has 0 aliphatic heterocycles. The van der Waals surface area contributed by atoms with Gasteiger partial charge in [0.25, 0.3) is 0 Å². The van der Waals surface area contributed by atoms with Gasteiger partial charge in [-0.3, -0.25) is 9.59 Å². The van der Waals surface area contributed by atoms with E-state index >= 15 is 0 Å². The highest BCUT2D eigenvalue weighted by atomic mass is 16.5. The van der Waals surface area contributed by atoms with Crippen LogP contribution in [0, 0.1) is 0 Å². The molecule has 0 aromatic heterocycles. The van der Waals surface area contributed by atoms with Crippen molar-refractivity contribution in [2.45, 2.75) is 0 Å². The van der Waals surface area contributed by atoms with Gasteiger partial charge in [-0.05, 0) is 0 Å². The van der Waals surface area contributed by atoms with E-state index in [9.17, 15) is 9.59 Å². The van der Waals surface area contributed by atoms with Gasteiger partial charge in [0.15, 0.2) is 12.6 Å². The molecule has 0 saturated carbocycles. The van der Waals surface area contributed by atoms with Gasteiger partial charge < -0.3 is 5.21 Å². The number of benzene rings is 1. The molecule has 0 amide bonds. The Bertz CT molecular complexity index is 267. The SMILES string of the molecule is CN(C)O.O=Cc1ccccc1C=O. The second-order valence-corrected chi connectivity index (χ2v) is 2.71. The molecule has 14 heavy (non-hydrogen) atoms. The maximum Gasteiger partial charge on any atom is 0.150 e. The molecule has 0 heterocycles. The number of hydroxylamine groups is 2. The van der Waals surface area contributed by atoms with Gasteiger partial charge in [0.05, 0.1) is 0 Å². The molecule has 4 heteroatoms. The molecule has 4 nitrogen and oxygen atoms in total. The van der Waals surface area contributed by atoms with Crippen LogP contribution in [-0.2, 0) is 0 Å². The van der Waals surface area contributed by atoms with Crippen LogP contribution in [0.2, 0.25) is 0 Å². The number of hydrogen-bond donors (Lipinski definition) is 1. The van der Waals surface area contributed by atoms with Crippen LogP contribution in [0.5, 0.6) is 0 Å². The zero-order valence-corrected chi connectivity index (χ0v) is 8.18. The molecule has 0 unspecified atom stereocenters. The van der Waals surface area contributed by atoms with Crippen molar-refractivity contribution in [2.24, 2.45) is 0 Å². The Morgan fingerprint density at radius 1 is 1.07 bits per heavy atom. The van der Waals surface area contributed by atoms with E-state index in [1.165, 1.54) is 0 Å². The van der Waals surface area contributed by atoms with Crippen LogP contribution in [0.25, 0.3) is 0 Å². The summed E-state index contributed by atoms with van der Waals surface area (Å²) in [5.41, 5.74) is 0.884. The molecule has 0 aliphatic rings. The van der Waals surface area contributed by atoms with Crippen molar-refractivity contribution in [2.75, 3.05) is 14.1 Å². The quantitative estimate of drug-likeness (QED) is 0.570. The molecule has 1 aromatic carbocycles. The summed E-state index contributed by atoms with van der Waals surface area (Å²) < 4.78 is 0. The molecule has 1 N–H and O–H groups in total. The lowest BCUT2D eigenvalue weighted by molar-refractivity contribution is -0.0372. The van der Waals surface area contributed by atoms with Crippen molar-refractivity contribution in [3.8, 4) is 0 Å². The zero-order valence-electron chi connectivity index (χ0n) is 8.18. The summed E-state index contributed by atoms with van der Waals surface area (Å²) in [5.74, 6) is 0. The molecule has 0 spiro atoms. The molecule has 0 fully saturated rings. The number of nitrogens with zero attached hydrogens (tertiary/aromatic N) is 1. The van der Waals surface area contributed by atoms with Gasteiger partial charge in [0.1, 0.15) is 0 Å². The van der Waals surface area contributed by atoms with Crippen LogP contribution in [0.4, 0.5) is 0 Å². The maximum absolute atomic E-state index is 10.2. The third kappa shape index (κ3) is 5.18. The summed E-state index contributed by atoms with van der Waals surface area (Å²) in [4.78, 5) is 20.5. The number of rotatable bonds is 2. The van der Waals surface area contributed by atoms with Crippen LogP contribution in [0.3, 0.4) is 0 Å². The molecule has 0 bridgehead atoms. The Morgan fingerprint density at radius 3 is 1.57 bits per heavy atom. The summed E-state index contributed by atoms with van der Waals surface area (Å²) in [6.07, 6.45) is 1.34. The minimum Gasteiger partial charge on any atom is -0.315 e. The average molecular weight is 195 g/mol. The molecule has 1 rings (SSSR count). The van der Waals surface area contributed by atoms with Crippen LogP contribution in [-0.4, -0.2) is 36.9 Å². The minimum atomic E-state index is 0.442. The van der Waals surface area contributed by atoms with Crippen LogP contribution in [0.15, 0.2) is 24.3 Å². The molecule has 0 saturated heterocycles. The molecule has 76 valence electrons. The largest absolute Gasteiger partial charge is 0.315 e. The first-order valence-electron chi connectivity index (χ1n) is 3.97. The van der Waals surface area contributed by atoms with E-state index in [1.807, 2.05) is 0 Å². The van der Waals surface area contributed by atoms with E-state index in [2.05, 4.69) is 0 Å². The summed E-state index contributed by atoms with van der Waals surface area (Å²) in [6, 6.07) is 6.65. The fourth-order valence-corrected chi connectivity index (χ4v) is 0.726. The predicted octanol–water partition coefficient (Wildman–Crippen LogP) is 1.25.